The van der Waals surface area contributed by atoms with Crippen LogP contribution in [0, 0.1) is 6.92 Å². The summed E-state index contributed by atoms with van der Waals surface area (Å²) in [5, 5.41) is 0. The summed E-state index contributed by atoms with van der Waals surface area (Å²) < 4.78 is 5.68. The number of benzene rings is 3. The van der Waals surface area contributed by atoms with Crippen LogP contribution in [0.5, 0.6) is 5.75 Å². The molecule has 0 atom stereocenters. The first-order chi connectivity index (χ1) is 13.6. The fourth-order valence-electron chi connectivity index (χ4n) is 2.66. The minimum absolute atomic E-state index is 0.211. The molecule has 0 saturated heterocycles. The van der Waals surface area contributed by atoms with Crippen LogP contribution in [0.4, 0.5) is 0 Å². The number of carbonyl (C=O) groups excluding carboxylic acids is 2. The molecule has 5 nitrogen and oxygen atoms in total. The van der Waals surface area contributed by atoms with Crippen molar-refractivity contribution in [2.75, 3.05) is 0 Å². The van der Waals surface area contributed by atoms with E-state index in [0.717, 1.165) is 22.4 Å². The van der Waals surface area contributed by atoms with Crippen LogP contribution in [-0.2, 0) is 17.8 Å². The Morgan fingerprint density at radius 1 is 0.821 bits per heavy atom. The summed E-state index contributed by atoms with van der Waals surface area (Å²) in [6.45, 7) is 2.36. The Labute approximate surface area is 164 Å². The molecule has 0 unspecified atom stereocenters. The van der Waals surface area contributed by atoms with Gasteiger partial charge in [-0.1, -0.05) is 54.6 Å². The highest BCUT2D eigenvalue weighted by atomic mass is 16.5. The minimum Gasteiger partial charge on any atom is -0.489 e. The van der Waals surface area contributed by atoms with E-state index in [0.29, 0.717) is 12.2 Å². The van der Waals surface area contributed by atoms with Crippen LogP contribution in [0.3, 0.4) is 0 Å². The van der Waals surface area contributed by atoms with Gasteiger partial charge in [-0.25, -0.2) is 0 Å². The van der Waals surface area contributed by atoms with Gasteiger partial charge in [-0.15, -0.1) is 0 Å². The van der Waals surface area contributed by atoms with Crippen molar-refractivity contribution in [1.29, 1.82) is 0 Å². The van der Waals surface area contributed by atoms with Gasteiger partial charge in [0.15, 0.2) is 0 Å². The number of carbonyl (C=O) groups is 2. The molecule has 3 rings (SSSR count). The van der Waals surface area contributed by atoms with E-state index in [-0.39, 0.29) is 18.2 Å². The third-order valence-electron chi connectivity index (χ3n) is 4.29. The summed E-state index contributed by atoms with van der Waals surface area (Å²) in [4.78, 5) is 24.2. The first-order valence-electron chi connectivity index (χ1n) is 9.02. The van der Waals surface area contributed by atoms with Gasteiger partial charge in [0.25, 0.3) is 5.91 Å². The first-order valence-corrected chi connectivity index (χ1v) is 9.02. The standard InChI is InChI=1S/C23H22N2O3/c1-17-7-5-6-8-20(17)15-22(26)24-25-23(27)19-13-11-18(12-14-19)16-28-21-9-3-2-4-10-21/h2-14H,15-16H2,1H3,(H,24,26)(H,25,27). The van der Waals surface area contributed by atoms with Crippen molar-refractivity contribution < 1.29 is 14.3 Å². The summed E-state index contributed by atoms with van der Waals surface area (Å²) in [6, 6.07) is 24.2. The molecule has 3 aromatic rings. The number of nitrogens with one attached hydrogen (secondary N) is 2. The number of amides is 2. The molecule has 0 radical (unpaired) electrons. The second-order valence-electron chi connectivity index (χ2n) is 6.40. The average molecular weight is 374 g/mol. The Bertz CT molecular complexity index is 938. The number of para-hydroxylation sites is 1. The van der Waals surface area contributed by atoms with Gasteiger partial charge < -0.3 is 4.74 Å². The van der Waals surface area contributed by atoms with Gasteiger partial charge in [0.05, 0.1) is 6.42 Å². The van der Waals surface area contributed by atoms with E-state index >= 15 is 0 Å². The number of hydrogen-bond donors (Lipinski definition) is 2. The van der Waals surface area contributed by atoms with E-state index in [9.17, 15) is 9.59 Å². The van der Waals surface area contributed by atoms with Crippen LogP contribution in [-0.4, -0.2) is 11.8 Å². The third kappa shape index (κ3) is 5.45. The lowest BCUT2D eigenvalue weighted by atomic mass is 10.1. The van der Waals surface area contributed by atoms with E-state index in [4.69, 9.17) is 4.74 Å². The Morgan fingerprint density at radius 2 is 1.50 bits per heavy atom. The van der Waals surface area contributed by atoms with Crippen molar-refractivity contribution in [1.82, 2.24) is 10.9 Å². The van der Waals surface area contributed by atoms with Gasteiger partial charge in [-0.3, -0.25) is 20.4 Å². The van der Waals surface area contributed by atoms with Gasteiger partial charge in [-0.2, -0.15) is 0 Å². The Balaban J connectivity index is 1.47. The first kappa shape index (κ1) is 19.2. The van der Waals surface area contributed by atoms with Crippen molar-refractivity contribution in [3.63, 3.8) is 0 Å². The lowest BCUT2D eigenvalue weighted by Crippen LogP contribution is -2.42. The molecule has 0 aromatic heterocycles. The molecule has 2 N–H and O–H groups in total. The predicted octanol–water partition coefficient (Wildman–Crippen LogP) is 3.58. The number of hydrogen-bond acceptors (Lipinski definition) is 3. The zero-order valence-corrected chi connectivity index (χ0v) is 15.6. The van der Waals surface area contributed by atoms with Crippen molar-refractivity contribution in [2.45, 2.75) is 20.0 Å². The van der Waals surface area contributed by atoms with E-state index < -0.39 is 0 Å². The third-order valence-corrected chi connectivity index (χ3v) is 4.29. The van der Waals surface area contributed by atoms with E-state index in [1.807, 2.05) is 73.7 Å². The summed E-state index contributed by atoms with van der Waals surface area (Å²) in [7, 11) is 0. The SMILES string of the molecule is Cc1ccccc1CC(=O)NNC(=O)c1ccc(COc2ccccc2)cc1. The molecule has 2 amide bonds. The Hall–Kier alpha value is -3.60. The van der Waals surface area contributed by atoms with E-state index in [1.165, 1.54) is 0 Å². The molecule has 0 spiro atoms. The summed E-state index contributed by atoms with van der Waals surface area (Å²) in [5.41, 5.74) is 8.27. The topological polar surface area (TPSA) is 67.4 Å². The lowest BCUT2D eigenvalue weighted by Gasteiger charge is -2.10. The number of hydrazine groups is 1. The second kappa shape index (κ2) is 9.37. The predicted molar refractivity (Wildman–Crippen MR) is 108 cm³/mol. The molecule has 0 saturated carbocycles. The summed E-state index contributed by atoms with van der Waals surface area (Å²) in [5.74, 6) is 0.157. The molecule has 0 aliphatic heterocycles. The van der Waals surface area contributed by atoms with Crippen LogP contribution >= 0.6 is 0 Å². The summed E-state index contributed by atoms with van der Waals surface area (Å²) in [6.07, 6.45) is 0.211. The molecule has 0 fully saturated rings. The van der Waals surface area contributed by atoms with Crippen LogP contribution in [0.15, 0.2) is 78.9 Å². The lowest BCUT2D eigenvalue weighted by molar-refractivity contribution is -0.121. The van der Waals surface area contributed by atoms with Crippen LogP contribution in [0.25, 0.3) is 0 Å². The van der Waals surface area contributed by atoms with Gasteiger partial charge in [0.1, 0.15) is 12.4 Å². The molecule has 5 heteroatoms. The van der Waals surface area contributed by atoms with Crippen molar-refractivity contribution in [2.24, 2.45) is 0 Å². The number of ether oxygens (including phenoxy) is 1. The van der Waals surface area contributed by atoms with Crippen LogP contribution in [0.2, 0.25) is 0 Å². The molecular weight excluding hydrogens is 352 g/mol. The smallest absolute Gasteiger partial charge is 0.269 e. The van der Waals surface area contributed by atoms with Crippen LogP contribution < -0.4 is 15.6 Å². The second-order valence-corrected chi connectivity index (χ2v) is 6.40. The van der Waals surface area contributed by atoms with Crippen molar-refractivity contribution in [3.8, 4) is 5.75 Å². The van der Waals surface area contributed by atoms with E-state index in [1.54, 1.807) is 12.1 Å². The number of aryl methyl sites for hydroxylation is 1. The molecule has 0 heterocycles. The quantitative estimate of drug-likeness (QED) is 0.648. The molecular formula is C23H22N2O3. The van der Waals surface area contributed by atoms with Crippen molar-refractivity contribution in [3.05, 3.63) is 101 Å². The van der Waals surface area contributed by atoms with Gasteiger partial charge in [-0.05, 0) is 47.9 Å². The maximum absolute atomic E-state index is 12.2. The molecule has 3 aromatic carbocycles. The molecule has 28 heavy (non-hydrogen) atoms. The Morgan fingerprint density at radius 3 is 2.21 bits per heavy atom. The zero-order valence-electron chi connectivity index (χ0n) is 15.6. The average Bonchev–Trinajstić information content (AvgIpc) is 2.73. The van der Waals surface area contributed by atoms with Crippen molar-refractivity contribution >= 4 is 11.8 Å². The van der Waals surface area contributed by atoms with Gasteiger partial charge in [0, 0.05) is 5.56 Å². The van der Waals surface area contributed by atoms with E-state index in [2.05, 4.69) is 10.9 Å². The summed E-state index contributed by atoms with van der Waals surface area (Å²) >= 11 is 0. The highest BCUT2D eigenvalue weighted by Gasteiger charge is 2.09. The molecule has 0 aliphatic rings. The van der Waals surface area contributed by atoms with Crippen LogP contribution in [0.1, 0.15) is 27.0 Å². The molecule has 0 bridgehead atoms. The largest absolute Gasteiger partial charge is 0.489 e. The van der Waals surface area contributed by atoms with Gasteiger partial charge >= 0.3 is 0 Å². The Kier molecular flexibility index (Phi) is 6.41. The monoisotopic (exact) mass is 374 g/mol. The zero-order chi connectivity index (χ0) is 19.8. The molecule has 0 aliphatic carbocycles. The normalized spacial score (nSPS) is 10.2. The van der Waals surface area contributed by atoms with Gasteiger partial charge in [0.2, 0.25) is 5.91 Å². The maximum atomic E-state index is 12.2. The fourth-order valence-corrected chi connectivity index (χ4v) is 2.66. The minimum atomic E-state index is -0.367. The maximum Gasteiger partial charge on any atom is 0.269 e. The fraction of sp³-hybridized carbons (Fsp3) is 0.130. The highest BCUT2D eigenvalue weighted by molar-refractivity contribution is 5.95. The number of rotatable bonds is 6. The highest BCUT2D eigenvalue weighted by Crippen LogP contribution is 2.12. The molecule has 142 valence electrons.